The lowest BCUT2D eigenvalue weighted by Gasteiger charge is -2.37. The Morgan fingerprint density at radius 2 is 1.43 bits per heavy atom. The highest BCUT2D eigenvalue weighted by atomic mass is 15.1. The summed E-state index contributed by atoms with van der Waals surface area (Å²) in [6, 6.07) is 17.7. The second kappa shape index (κ2) is 7.90. The first-order chi connectivity index (χ1) is 14.6. The number of para-hydroxylation sites is 2. The largest absolute Gasteiger partial charge is 0.384 e. The van der Waals surface area contributed by atoms with Crippen LogP contribution in [0.3, 0.4) is 0 Å². The molecule has 4 nitrogen and oxygen atoms in total. The lowest BCUT2D eigenvalue weighted by molar-refractivity contribution is 0.200. The number of fused-ring (bicyclic) bond motifs is 4. The third kappa shape index (κ3) is 3.40. The third-order valence-corrected chi connectivity index (χ3v) is 8.05. The Morgan fingerprint density at radius 1 is 0.767 bits per heavy atom. The molecule has 4 heterocycles. The van der Waals surface area contributed by atoms with Gasteiger partial charge in [-0.05, 0) is 82.2 Å². The average Bonchev–Trinajstić information content (AvgIpc) is 3.28. The maximum absolute atomic E-state index is 3.56. The number of likely N-dealkylation sites (N-methyl/N-ethyl adjacent to an activating group) is 1. The van der Waals surface area contributed by atoms with Gasteiger partial charge in [-0.1, -0.05) is 36.4 Å². The molecular formula is C26H36N4. The molecule has 2 aromatic carbocycles. The fraction of sp³-hybridized carbons (Fsp3) is 0.538. The first-order valence-electron chi connectivity index (χ1n) is 11.7. The van der Waals surface area contributed by atoms with E-state index < -0.39 is 0 Å². The molecule has 0 bridgehead atoms. The monoisotopic (exact) mass is 404 g/mol. The van der Waals surface area contributed by atoms with E-state index in [1.165, 1.54) is 69.8 Å². The van der Waals surface area contributed by atoms with E-state index >= 15 is 0 Å². The average molecular weight is 405 g/mol. The zero-order valence-electron chi connectivity index (χ0n) is 18.6. The molecule has 2 aromatic rings. The fourth-order valence-corrected chi connectivity index (χ4v) is 6.16. The van der Waals surface area contributed by atoms with Crippen molar-refractivity contribution >= 4 is 11.4 Å². The zero-order valence-corrected chi connectivity index (χ0v) is 18.6. The summed E-state index contributed by atoms with van der Waals surface area (Å²) < 4.78 is 0. The van der Waals surface area contributed by atoms with Crippen LogP contribution in [0.5, 0.6) is 0 Å². The van der Waals surface area contributed by atoms with Crippen molar-refractivity contribution in [3.63, 3.8) is 0 Å². The maximum atomic E-state index is 3.56. The molecule has 6 rings (SSSR count). The fourth-order valence-electron chi connectivity index (χ4n) is 6.16. The summed E-state index contributed by atoms with van der Waals surface area (Å²) in [4.78, 5) is 4.85. The molecule has 4 aliphatic rings. The Bertz CT molecular complexity index is 878. The number of rotatable bonds is 0. The Balaban J connectivity index is 0.000000128. The Labute approximate surface area is 181 Å². The lowest BCUT2D eigenvalue weighted by Crippen LogP contribution is -2.42. The van der Waals surface area contributed by atoms with Gasteiger partial charge >= 0.3 is 0 Å². The molecule has 4 aliphatic heterocycles. The summed E-state index contributed by atoms with van der Waals surface area (Å²) in [5, 5.41) is 7.02. The molecule has 0 amide bonds. The highest BCUT2D eigenvalue weighted by Gasteiger charge is 2.42. The van der Waals surface area contributed by atoms with E-state index in [4.69, 9.17) is 0 Å². The molecule has 0 aliphatic carbocycles. The van der Waals surface area contributed by atoms with Gasteiger partial charge in [0.2, 0.25) is 0 Å². The van der Waals surface area contributed by atoms with Crippen molar-refractivity contribution in [1.29, 1.82) is 0 Å². The van der Waals surface area contributed by atoms with Crippen molar-refractivity contribution in [1.82, 2.24) is 10.2 Å². The summed E-state index contributed by atoms with van der Waals surface area (Å²) in [7, 11) is 4.44. The molecule has 160 valence electrons. The van der Waals surface area contributed by atoms with Gasteiger partial charge in [0.05, 0.1) is 0 Å². The van der Waals surface area contributed by atoms with E-state index in [1.54, 1.807) is 11.1 Å². The number of anilines is 2. The van der Waals surface area contributed by atoms with Crippen LogP contribution in [0.1, 0.15) is 36.8 Å². The number of nitrogens with zero attached hydrogens (tertiary/aromatic N) is 2. The van der Waals surface area contributed by atoms with Crippen LogP contribution < -0.4 is 15.5 Å². The van der Waals surface area contributed by atoms with Crippen LogP contribution >= 0.6 is 0 Å². The minimum absolute atomic E-state index is 0.434. The molecule has 4 heteroatoms. The van der Waals surface area contributed by atoms with Gasteiger partial charge in [0, 0.05) is 42.3 Å². The van der Waals surface area contributed by atoms with Crippen molar-refractivity contribution in [2.75, 3.05) is 63.6 Å². The molecule has 2 spiro atoms. The summed E-state index contributed by atoms with van der Waals surface area (Å²) in [6.45, 7) is 7.14. The van der Waals surface area contributed by atoms with Gasteiger partial charge in [0.15, 0.2) is 0 Å². The molecular weight excluding hydrogens is 368 g/mol. The van der Waals surface area contributed by atoms with Gasteiger partial charge in [-0.25, -0.2) is 0 Å². The minimum atomic E-state index is 0.434. The molecule has 2 N–H and O–H groups in total. The minimum Gasteiger partial charge on any atom is -0.384 e. The van der Waals surface area contributed by atoms with Gasteiger partial charge in [0.25, 0.3) is 0 Å². The topological polar surface area (TPSA) is 30.5 Å². The molecule has 30 heavy (non-hydrogen) atoms. The van der Waals surface area contributed by atoms with Crippen LogP contribution in [0.4, 0.5) is 11.4 Å². The van der Waals surface area contributed by atoms with Crippen LogP contribution in [0.15, 0.2) is 48.5 Å². The van der Waals surface area contributed by atoms with Crippen molar-refractivity contribution in [2.45, 2.75) is 36.5 Å². The van der Waals surface area contributed by atoms with Crippen LogP contribution in [0.25, 0.3) is 0 Å². The number of hydrogen-bond donors (Lipinski definition) is 2. The number of hydrogen-bond acceptors (Lipinski definition) is 4. The number of benzene rings is 2. The maximum Gasteiger partial charge on any atom is 0.0402 e. The van der Waals surface area contributed by atoms with Crippen molar-refractivity contribution in [2.24, 2.45) is 0 Å². The number of piperidine rings is 2. The number of likely N-dealkylation sites (tertiary alicyclic amines) is 1. The predicted octanol–water partition coefficient (Wildman–Crippen LogP) is 3.83. The van der Waals surface area contributed by atoms with Crippen molar-refractivity contribution < 1.29 is 0 Å². The van der Waals surface area contributed by atoms with Crippen molar-refractivity contribution in [3.8, 4) is 0 Å². The van der Waals surface area contributed by atoms with Crippen molar-refractivity contribution in [3.05, 3.63) is 59.7 Å². The van der Waals surface area contributed by atoms with E-state index in [9.17, 15) is 0 Å². The standard InChI is InChI=1S/2C13H18N2/c1-15-8-6-13(7-9-15)10-14-12-5-3-2-4-11(12)13;1-15-10-13(6-8-14-9-7-13)11-4-2-3-5-12(11)15/h2*2-5,14H,6-10H2,1H3. The Morgan fingerprint density at radius 3 is 2.20 bits per heavy atom. The molecule has 0 saturated carbocycles. The van der Waals surface area contributed by atoms with E-state index in [2.05, 4.69) is 83.1 Å². The highest BCUT2D eigenvalue weighted by molar-refractivity contribution is 5.62. The lowest BCUT2D eigenvalue weighted by atomic mass is 9.74. The quantitative estimate of drug-likeness (QED) is 0.699. The Hall–Kier alpha value is -2.04. The van der Waals surface area contributed by atoms with Gasteiger partial charge in [-0.3, -0.25) is 0 Å². The first-order valence-corrected chi connectivity index (χ1v) is 11.7. The van der Waals surface area contributed by atoms with Crippen LogP contribution in [-0.4, -0.2) is 58.3 Å². The molecule has 0 unspecified atom stereocenters. The second-order valence-electron chi connectivity index (χ2n) is 9.89. The van der Waals surface area contributed by atoms with Crippen LogP contribution in [0, 0.1) is 0 Å². The SMILES string of the molecule is CN1CC2(CCNCC2)c2ccccc21.CN1CCC2(CC1)CNc1ccccc12. The van der Waals surface area contributed by atoms with Gasteiger partial charge < -0.3 is 20.4 Å². The van der Waals surface area contributed by atoms with Gasteiger partial charge in [0.1, 0.15) is 0 Å². The highest BCUT2D eigenvalue weighted by Crippen LogP contribution is 2.45. The normalized spacial score (nSPS) is 23.5. The molecule has 2 fully saturated rings. The van der Waals surface area contributed by atoms with E-state index in [0.29, 0.717) is 10.8 Å². The molecule has 2 saturated heterocycles. The van der Waals surface area contributed by atoms with E-state index in [-0.39, 0.29) is 0 Å². The smallest absolute Gasteiger partial charge is 0.0402 e. The second-order valence-corrected chi connectivity index (χ2v) is 9.89. The molecule has 0 radical (unpaired) electrons. The third-order valence-electron chi connectivity index (χ3n) is 8.05. The molecule has 0 atom stereocenters. The van der Waals surface area contributed by atoms with E-state index in [0.717, 1.165) is 6.54 Å². The van der Waals surface area contributed by atoms with Crippen LogP contribution in [0.2, 0.25) is 0 Å². The summed E-state index contributed by atoms with van der Waals surface area (Å²) in [5.74, 6) is 0. The van der Waals surface area contributed by atoms with E-state index in [1.807, 2.05) is 0 Å². The summed E-state index contributed by atoms with van der Waals surface area (Å²) in [5.41, 5.74) is 6.81. The van der Waals surface area contributed by atoms with Gasteiger partial charge in [-0.15, -0.1) is 0 Å². The summed E-state index contributed by atoms with van der Waals surface area (Å²) in [6.07, 6.45) is 5.17. The molecule has 0 aromatic heterocycles. The first kappa shape index (κ1) is 19.9. The summed E-state index contributed by atoms with van der Waals surface area (Å²) >= 11 is 0. The zero-order chi connectivity index (χ0) is 20.6. The van der Waals surface area contributed by atoms with Crippen LogP contribution in [-0.2, 0) is 10.8 Å². The number of nitrogens with one attached hydrogen (secondary N) is 2. The van der Waals surface area contributed by atoms with Gasteiger partial charge in [-0.2, -0.15) is 0 Å². The Kier molecular flexibility index (Phi) is 5.24. The predicted molar refractivity (Wildman–Crippen MR) is 127 cm³/mol.